The second-order valence-electron chi connectivity index (χ2n) is 3.97. The number of anilines is 2. The molecule has 3 N–H and O–H groups in total. The lowest BCUT2D eigenvalue weighted by molar-refractivity contribution is 0.00336. The highest BCUT2D eigenvalue weighted by Gasteiger charge is 2.20. The van der Waals surface area contributed by atoms with E-state index in [4.69, 9.17) is 15.6 Å². The van der Waals surface area contributed by atoms with Gasteiger partial charge in [-0.2, -0.15) is 0 Å². The lowest BCUT2D eigenvalue weighted by Crippen LogP contribution is -2.44. The Hall–Kier alpha value is -1.33. The summed E-state index contributed by atoms with van der Waals surface area (Å²) in [6, 6.07) is 3.77. The molecule has 1 aliphatic rings. The second kappa shape index (κ2) is 4.67. The summed E-state index contributed by atoms with van der Waals surface area (Å²) in [5.74, 6) is 0.897. The number of nitrogens with zero attached hydrogens (tertiary/aromatic N) is 2. The number of aliphatic hydroxyl groups is 1. The third kappa shape index (κ3) is 2.25. The van der Waals surface area contributed by atoms with Gasteiger partial charge in [0.2, 0.25) is 0 Å². The van der Waals surface area contributed by atoms with Crippen molar-refractivity contribution >= 4 is 11.5 Å². The summed E-state index contributed by atoms with van der Waals surface area (Å²) in [7, 11) is 0. The van der Waals surface area contributed by atoms with E-state index in [1.165, 1.54) is 0 Å². The van der Waals surface area contributed by atoms with Crippen LogP contribution in [0.1, 0.15) is 5.69 Å². The van der Waals surface area contributed by atoms with Gasteiger partial charge in [0.05, 0.1) is 30.7 Å². The van der Waals surface area contributed by atoms with Crippen molar-refractivity contribution in [2.75, 3.05) is 36.9 Å². The molecule has 1 unspecified atom stereocenters. The zero-order valence-electron chi connectivity index (χ0n) is 9.39. The molecule has 0 amide bonds. The van der Waals surface area contributed by atoms with E-state index in [-0.39, 0.29) is 12.7 Å². The molecule has 1 fully saturated rings. The predicted molar refractivity (Wildman–Crippen MR) is 62.4 cm³/mol. The quantitative estimate of drug-likeness (QED) is 0.748. The highest BCUT2D eigenvalue weighted by Crippen LogP contribution is 2.18. The van der Waals surface area contributed by atoms with Crippen LogP contribution in [-0.4, -0.2) is 42.5 Å². The van der Waals surface area contributed by atoms with E-state index in [1.54, 1.807) is 0 Å². The lowest BCUT2D eigenvalue weighted by Gasteiger charge is -2.33. The van der Waals surface area contributed by atoms with Gasteiger partial charge in [0.15, 0.2) is 0 Å². The fourth-order valence-electron chi connectivity index (χ4n) is 1.77. The van der Waals surface area contributed by atoms with Crippen LogP contribution >= 0.6 is 0 Å². The monoisotopic (exact) mass is 223 g/mol. The lowest BCUT2D eigenvalue weighted by atomic mass is 10.2. The van der Waals surface area contributed by atoms with Crippen LogP contribution in [0.15, 0.2) is 12.1 Å². The Bertz CT molecular complexity index is 370. The van der Waals surface area contributed by atoms with Crippen molar-refractivity contribution in [3.05, 3.63) is 17.8 Å². The Morgan fingerprint density at radius 2 is 2.44 bits per heavy atom. The van der Waals surface area contributed by atoms with E-state index < -0.39 is 0 Å². The predicted octanol–water partition coefficient (Wildman–Crippen LogP) is 0.170. The molecule has 16 heavy (non-hydrogen) atoms. The fraction of sp³-hybridized carbons (Fsp3) is 0.545. The highest BCUT2D eigenvalue weighted by atomic mass is 16.5. The normalized spacial score (nSPS) is 21.1. The van der Waals surface area contributed by atoms with Gasteiger partial charge in [0.1, 0.15) is 5.82 Å². The van der Waals surface area contributed by atoms with Crippen LogP contribution < -0.4 is 10.6 Å². The second-order valence-corrected chi connectivity index (χ2v) is 3.97. The van der Waals surface area contributed by atoms with E-state index in [0.717, 1.165) is 18.1 Å². The van der Waals surface area contributed by atoms with E-state index in [1.807, 2.05) is 19.1 Å². The average molecular weight is 223 g/mol. The third-order valence-corrected chi connectivity index (χ3v) is 2.78. The van der Waals surface area contributed by atoms with Gasteiger partial charge in [-0.3, -0.25) is 0 Å². The number of hydrogen-bond acceptors (Lipinski definition) is 5. The maximum Gasteiger partial charge on any atom is 0.129 e. The number of hydrogen-bond donors (Lipinski definition) is 2. The molecule has 0 aliphatic carbocycles. The molecule has 5 nitrogen and oxygen atoms in total. The van der Waals surface area contributed by atoms with Gasteiger partial charge in [-0.1, -0.05) is 0 Å². The van der Waals surface area contributed by atoms with Crippen LogP contribution in [-0.2, 0) is 4.74 Å². The van der Waals surface area contributed by atoms with Crippen LogP contribution in [0.25, 0.3) is 0 Å². The number of ether oxygens (including phenoxy) is 1. The summed E-state index contributed by atoms with van der Waals surface area (Å²) in [5, 5.41) is 9.06. The van der Waals surface area contributed by atoms with E-state index >= 15 is 0 Å². The molecule has 88 valence electrons. The summed E-state index contributed by atoms with van der Waals surface area (Å²) >= 11 is 0. The molecule has 1 saturated heterocycles. The maximum atomic E-state index is 9.06. The van der Waals surface area contributed by atoms with Gasteiger partial charge in [-0.05, 0) is 19.1 Å². The number of aryl methyl sites for hydroxylation is 1. The summed E-state index contributed by atoms with van der Waals surface area (Å²) in [6.45, 7) is 4.03. The molecular weight excluding hydrogens is 206 g/mol. The topological polar surface area (TPSA) is 71.6 Å². The van der Waals surface area contributed by atoms with Crippen molar-refractivity contribution in [3.8, 4) is 0 Å². The molecule has 0 bridgehead atoms. The van der Waals surface area contributed by atoms with Gasteiger partial charge in [0.25, 0.3) is 0 Å². The molecule has 0 saturated carbocycles. The first-order valence-corrected chi connectivity index (χ1v) is 5.41. The summed E-state index contributed by atoms with van der Waals surface area (Å²) in [5.41, 5.74) is 7.27. The van der Waals surface area contributed by atoms with Crippen molar-refractivity contribution < 1.29 is 9.84 Å². The zero-order chi connectivity index (χ0) is 11.5. The Morgan fingerprint density at radius 1 is 1.62 bits per heavy atom. The molecule has 0 radical (unpaired) electrons. The summed E-state index contributed by atoms with van der Waals surface area (Å²) in [4.78, 5) is 6.54. The molecule has 1 aromatic heterocycles. The van der Waals surface area contributed by atoms with Crippen LogP contribution in [0.3, 0.4) is 0 Å². The standard InChI is InChI=1S/C11H17N3O2/c1-8-10(12)2-3-11(13-8)14-4-5-16-9(6-14)7-15/h2-3,9,15H,4-7,12H2,1H3. The maximum absolute atomic E-state index is 9.06. The first-order valence-electron chi connectivity index (χ1n) is 5.41. The van der Waals surface area contributed by atoms with Crippen LogP contribution in [0.5, 0.6) is 0 Å². The Labute approximate surface area is 94.8 Å². The van der Waals surface area contributed by atoms with Gasteiger partial charge in [-0.15, -0.1) is 0 Å². The van der Waals surface area contributed by atoms with Gasteiger partial charge in [0, 0.05) is 13.1 Å². The van der Waals surface area contributed by atoms with Crippen molar-refractivity contribution in [1.29, 1.82) is 0 Å². The van der Waals surface area contributed by atoms with E-state index in [9.17, 15) is 0 Å². The SMILES string of the molecule is Cc1nc(N2CCOC(CO)C2)ccc1N. The van der Waals surface area contributed by atoms with Crippen molar-refractivity contribution in [3.63, 3.8) is 0 Å². The minimum Gasteiger partial charge on any atom is -0.397 e. The van der Waals surface area contributed by atoms with Crippen LogP contribution in [0.2, 0.25) is 0 Å². The largest absolute Gasteiger partial charge is 0.397 e. The van der Waals surface area contributed by atoms with Crippen molar-refractivity contribution in [2.45, 2.75) is 13.0 Å². The average Bonchev–Trinajstić information content (AvgIpc) is 2.33. The first-order chi connectivity index (χ1) is 7.70. The fourth-order valence-corrected chi connectivity index (χ4v) is 1.77. The molecular formula is C11H17N3O2. The number of rotatable bonds is 2. The number of nitrogen functional groups attached to an aromatic ring is 1. The number of aliphatic hydroxyl groups excluding tert-OH is 1. The van der Waals surface area contributed by atoms with E-state index in [2.05, 4.69) is 9.88 Å². The van der Waals surface area contributed by atoms with Gasteiger partial charge < -0.3 is 20.5 Å². The number of aromatic nitrogens is 1. The molecule has 0 spiro atoms. The molecule has 1 aromatic rings. The Morgan fingerprint density at radius 3 is 3.12 bits per heavy atom. The first kappa shape index (κ1) is 11.2. The van der Waals surface area contributed by atoms with Crippen LogP contribution in [0.4, 0.5) is 11.5 Å². The van der Waals surface area contributed by atoms with Crippen molar-refractivity contribution in [2.24, 2.45) is 0 Å². The summed E-state index contributed by atoms with van der Waals surface area (Å²) < 4.78 is 5.39. The van der Waals surface area contributed by atoms with E-state index in [0.29, 0.717) is 18.8 Å². The number of nitrogens with two attached hydrogens (primary N) is 1. The molecule has 1 atom stereocenters. The Kier molecular flexibility index (Phi) is 3.26. The van der Waals surface area contributed by atoms with Gasteiger partial charge >= 0.3 is 0 Å². The van der Waals surface area contributed by atoms with Crippen molar-refractivity contribution in [1.82, 2.24) is 4.98 Å². The van der Waals surface area contributed by atoms with Gasteiger partial charge in [-0.25, -0.2) is 4.98 Å². The zero-order valence-corrected chi connectivity index (χ0v) is 9.39. The smallest absolute Gasteiger partial charge is 0.129 e. The minimum atomic E-state index is -0.117. The molecule has 5 heteroatoms. The molecule has 1 aliphatic heterocycles. The third-order valence-electron chi connectivity index (χ3n) is 2.78. The number of pyridine rings is 1. The molecule has 2 rings (SSSR count). The highest BCUT2D eigenvalue weighted by molar-refractivity contribution is 5.50. The van der Waals surface area contributed by atoms with Crippen LogP contribution in [0, 0.1) is 6.92 Å². The molecule has 0 aromatic carbocycles. The summed E-state index contributed by atoms with van der Waals surface area (Å²) in [6.07, 6.45) is -0.117. The Balaban J connectivity index is 2.13. The minimum absolute atomic E-state index is 0.0461. The number of morpholine rings is 1. The molecule has 2 heterocycles.